The molecule has 0 bridgehead atoms. The topological polar surface area (TPSA) is 84.5 Å². The van der Waals surface area contributed by atoms with Gasteiger partial charge in [-0.05, 0) is 43.7 Å². The fourth-order valence-electron chi connectivity index (χ4n) is 2.30. The van der Waals surface area contributed by atoms with Crippen molar-refractivity contribution in [3.05, 3.63) is 59.2 Å². The van der Waals surface area contributed by atoms with Gasteiger partial charge in [0.05, 0.1) is 17.2 Å². The van der Waals surface area contributed by atoms with Crippen LogP contribution in [0.2, 0.25) is 0 Å². The van der Waals surface area contributed by atoms with E-state index in [1.807, 2.05) is 26.0 Å². The first-order valence-corrected chi connectivity index (χ1v) is 9.29. The Bertz CT molecular complexity index is 863. The first-order chi connectivity index (χ1) is 11.8. The minimum atomic E-state index is -3.78. The molecule has 0 unspecified atom stereocenters. The van der Waals surface area contributed by atoms with Gasteiger partial charge in [-0.2, -0.15) is 0 Å². The Morgan fingerprint density at radius 3 is 2.56 bits per heavy atom. The molecule has 0 fully saturated rings. The van der Waals surface area contributed by atoms with Crippen molar-refractivity contribution in [2.75, 3.05) is 25.0 Å². The second-order valence-corrected chi connectivity index (χ2v) is 7.38. The van der Waals surface area contributed by atoms with Gasteiger partial charge in [-0.1, -0.05) is 23.8 Å². The average Bonchev–Trinajstić information content (AvgIpc) is 2.57. The molecule has 7 heteroatoms. The highest BCUT2D eigenvalue weighted by atomic mass is 32.2. The average molecular weight is 362 g/mol. The number of ether oxygens (including phenoxy) is 1. The molecule has 0 radical (unpaired) electrons. The number of methoxy groups -OCH3 is 1. The van der Waals surface area contributed by atoms with Crippen molar-refractivity contribution >= 4 is 21.6 Å². The van der Waals surface area contributed by atoms with E-state index in [-0.39, 0.29) is 16.4 Å². The third-order valence-electron chi connectivity index (χ3n) is 3.62. The molecule has 134 valence electrons. The van der Waals surface area contributed by atoms with Crippen LogP contribution in [0, 0.1) is 13.8 Å². The molecule has 6 nitrogen and oxygen atoms in total. The molecule has 2 N–H and O–H groups in total. The van der Waals surface area contributed by atoms with E-state index < -0.39 is 10.0 Å². The fraction of sp³-hybridized carbons (Fsp3) is 0.278. The molecule has 0 aliphatic heterocycles. The zero-order valence-corrected chi connectivity index (χ0v) is 15.3. The second-order valence-electron chi connectivity index (χ2n) is 5.70. The molecule has 0 aliphatic carbocycles. The van der Waals surface area contributed by atoms with Crippen LogP contribution in [0.4, 0.5) is 5.69 Å². The highest BCUT2D eigenvalue weighted by molar-refractivity contribution is 7.92. The van der Waals surface area contributed by atoms with E-state index in [2.05, 4.69) is 10.0 Å². The number of nitrogens with one attached hydrogen (secondary N) is 2. The third-order valence-corrected chi connectivity index (χ3v) is 4.99. The standard InChI is InChI=1S/C18H22N2O4S/c1-13-7-8-17(14(2)11-13)20-25(22,23)16-6-4-5-15(12-16)18(21)19-9-10-24-3/h4-8,11-12,20H,9-10H2,1-3H3,(H,19,21). The number of hydrogen-bond donors (Lipinski definition) is 2. The summed E-state index contributed by atoms with van der Waals surface area (Å²) >= 11 is 0. The Balaban J connectivity index is 2.22. The van der Waals surface area contributed by atoms with E-state index in [0.29, 0.717) is 18.8 Å². The number of benzene rings is 2. The Morgan fingerprint density at radius 1 is 1.12 bits per heavy atom. The van der Waals surface area contributed by atoms with Crippen molar-refractivity contribution < 1.29 is 17.9 Å². The number of carbonyl (C=O) groups is 1. The summed E-state index contributed by atoms with van der Waals surface area (Å²) in [6.45, 7) is 4.52. The van der Waals surface area contributed by atoms with E-state index in [0.717, 1.165) is 11.1 Å². The Kier molecular flexibility index (Phi) is 6.17. The van der Waals surface area contributed by atoms with Crippen molar-refractivity contribution in [3.8, 4) is 0 Å². The van der Waals surface area contributed by atoms with Gasteiger partial charge in [0, 0.05) is 19.2 Å². The molecule has 0 heterocycles. The molecule has 0 atom stereocenters. The highest BCUT2D eigenvalue weighted by Crippen LogP contribution is 2.21. The number of sulfonamides is 1. The first-order valence-electron chi connectivity index (χ1n) is 7.81. The van der Waals surface area contributed by atoms with Gasteiger partial charge in [0.25, 0.3) is 15.9 Å². The van der Waals surface area contributed by atoms with E-state index >= 15 is 0 Å². The lowest BCUT2D eigenvalue weighted by atomic mass is 10.1. The maximum atomic E-state index is 12.6. The van der Waals surface area contributed by atoms with Crippen LogP contribution in [0.3, 0.4) is 0 Å². The van der Waals surface area contributed by atoms with E-state index in [1.165, 1.54) is 19.2 Å². The van der Waals surface area contributed by atoms with Crippen LogP contribution in [0.1, 0.15) is 21.5 Å². The molecule has 2 aromatic carbocycles. The molecule has 0 aromatic heterocycles. The Hall–Kier alpha value is -2.38. The van der Waals surface area contributed by atoms with Crippen molar-refractivity contribution in [2.45, 2.75) is 18.7 Å². The molecule has 0 saturated carbocycles. The van der Waals surface area contributed by atoms with Crippen LogP contribution >= 0.6 is 0 Å². The highest BCUT2D eigenvalue weighted by Gasteiger charge is 2.17. The minimum absolute atomic E-state index is 0.0341. The van der Waals surface area contributed by atoms with Crippen molar-refractivity contribution in [3.63, 3.8) is 0 Å². The van der Waals surface area contributed by atoms with E-state index in [4.69, 9.17) is 4.74 Å². The molecule has 2 rings (SSSR count). The van der Waals surface area contributed by atoms with Gasteiger partial charge in [-0.3, -0.25) is 9.52 Å². The predicted octanol–water partition coefficient (Wildman–Crippen LogP) is 2.48. The molecular weight excluding hydrogens is 340 g/mol. The minimum Gasteiger partial charge on any atom is -0.383 e. The van der Waals surface area contributed by atoms with Crippen LogP contribution < -0.4 is 10.0 Å². The largest absolute Gasteiger partial charge is 0.383 e. The van der Waals surface area contributed by atoms with E-state index in [1.54, 1.807) is 18.2 Å². The molecule has 25 heavy (non-hydrogen) atoms. The summed E-state index contributed by atoms with van der Waals surface area (Å²) in [6, 6.07) is 11.4. The van der Waals surface area contributed by atoms with Gasteiger partial charge in [0.1, 0.15) is 0 Å². The molecule has 2 aromatic rings. The molecule has 0 saturated heterocycles. The van der Waals surface area contributed by atoms with Gasteiger partial charge in [-0.15, -0.1) is 0 Å². The number of amides is 1. The lowest BCUT2D eigenvalue weighted by molar-refractivity contribution is 0.0937. The zero-order valence-electron chi connectivity index (χ0n) is 14.5. The van der Waals surface area contributed by atoms with Crippen molar-refractivity contribution in [1.82, 2.24) is 5.32 Å². The van der Waals surface area contributed by atoms with Crippen molar-refractivity contribution in [2.24, 2.45) is 0 Å². The summed E-state index contributed by atoms with van der Waals surface area (Å²) in [5.74, 6) is -0.347. The summed E-state index contributed by atoms with van der Waals surface area (Å²) in [5.41, 5.74) is 2.67. The summed E-state index contributed by atoms with van der Waals surface area (Å²) in [4.78, 5) is 12.1. The smallest absolute Gasteiger partial charge is 0.261 e. The van der Waals surface area contributed by atoms with Gasteiger partial charge >= 0.3 is 0 Å². The number of hydrogen-bond acceptors (Lipinski definition) is 4. The normalized spacial score (nSPS) is 11.2. The van der Waals surface area contributed by atoms with Crippen LogP contribution in [0.15, 0.2) is 47.4 Å². The monoisotopic (exact) mass is 362 g/mol. The first kappa shape index (κ1) is 19.0. The Labute approximate surface area is 148 Å². The molecule has 0 aliphatic rings. The maximum Gasteiger partial charge on any atom is 0.261 e. The summed E-state index contributed by atoms with van der Waals surface area (Å²) < 4.78 is 32.7. The SMILES string of the molecule is COCCNC(=O)c1cccc(S(=O)(=O)Nc2ccc(C)cc2C)c1. The lowest BCUT2D eigenvalue weighted by Gasteiger charge is -2.12. The van der Waals surface area contributed by atoms with Gasteiger partial charge < -0.3 is 10.1 Å². The summed E-state index contributed by atoms with van der Waals surface area (Å²) in [6.07, 6.45) is 0. The van der Waals surface area contributed by atoms with Crippen LogP contribution in [-0.2, 0) is 14.8 Å². The summed E-state index contributed by atoms with van der Waals surface area (Å²) in [7, 11) is -2.24. The van der Waals surface area contributed by atoms with Crippen LogP contribution in [-0.4, -0.2) is 34.6 Å². The number of anilines is 1. The third kappa shape index (κ3) is 5.04. The van der Waals surface area contributed by atoms with Crippen LogP contribution in [0.25, 0.3) is 0 Å². The van der Waals surface area contributed by atoms with Crippen molar-refractivity contribution in [1.29, 1.82) is 0 Å². The maximum absolute atomic E-state index is 12.6. The lowest BCUT2D eigenvalue weighted by Crippen LogP contribution is -2.27. The van der Waals surface area contributed by atoms with Gasteiger partial charge in [0.2, 0.25) is 0 Å². The van der Waals surface area contributed by atoms with Crippen LogP contribution in [0.5, 0.6) is 0 Å². The number of rotatable bonds is 7. The summed E-state index contributed by atoms with van der Waals surface area (Å²) in [5, 5.41) is 2.66. The van der Waals surface area contributed by atoms with Gasteiger partial charge in [0.15, 0.2) is 0 Å². The number of aryl methyl sites for hydroxylation is 2. The fourth-order valence-corrected chi connectivity index (χ4v) is 3.48. The van der Waals surface area contributed by atoms with E-state index in [9.17, 15) is 13.2 Å². The number of carbonyl (C=O) groups excluding carboxylic acids is 1. The van der Waals surface area contributed by atoms with Gasteiger partial charge in [-0.25, -0.2) is 8.42 Å². The predicted molar refractivity (Wildman–Crippen MR) is 97.4 cm³/mol. The second kappa shape index (κ2) is 8.13. The molecule has 1 amide bonds. The zero-order chi connectivity index (χ0) is 18.4. The molecular formula is C18H22N2O4S. The quantitative estimate of drug-likeness (QED) is 0.741. The Morgan fingerprint density at radius 2 is 1.88 bits per heavy atom. The molecule has 0 spiro atoms.